The molecule has 0 unspecified atom stereocenters. The molecule has 0 amide bonds. The van der Waals surface area contributed by atoms with Crippen LogP contribution in [0.3, 0.4) is 0 Å². The van der Waals surface area contributed by atoms with Gasteiger partial charge in [-0.1, -0.05) is 30.3 Å². The van der Waals surface area contributed by atoms with Crippen molar-refractivity contribution < 1.29 is 19.2 Å². The van der Waals surface area contributed by atoms with Crippen molar-refractivity contribution in [3.8, 4) is 0 Å². The zero-order chi connectivity index (χ0) is 22.3. The number of benzene rings is 2. The number of fused-ring (bicyclic) bond motifs is 1. The molecule has 6 rings (SSSR count). The highest BCUT2D eigenvalue weighted by Crippen LogP contribution is 2.46. The summed E-state index contributed by atoms with van der Waals surface area (Å²) < 4.78 is 16.5. The molecule has 0 radical (unpaired) electrons. The zero-order valence-corrected chi connectivity index (χ0v) is 18.7. The Hall–Kier alpha value is -2.52. The third-order valence-corrected chi connectivity index (χ3v) is 7.26. The van der Waals surface area contributed by atoms with Gasteiger partial charge in [0.15, 0.2) is 5.52 Å². The molecule has 0 spiro atoms. The highest BCUT2D eigenvalue weighted by Gasteiger charge is 2.45. The second-order valence-electron chi connectivity index (χ2n) is 9.67. The quantitative estimate of drug-likeness (QED) is 0.588. The average Bonchev–Trinajstić information content (AvgIpc) is 3.28. The van der Waals surface area contributed by atoms with Crippen molar-refractivity contribution in [2.75, 3.05) is 50.8 Å². The van der Waals surface area contributed by atoms with Crippen LogP contribution < -0.4 is 4.90 Å². The summed E-state index contributed by atoms with van der Waals surface area (Å²) in [6, 6.07) is 14.1. The van der Waals surface area contributed by atoms with E-state index in [-0.39, 0.29) is 6.10 Å². The van der Waals surface area contributed by atoms with Gasteiger partial charge in [-0.05, 0) is 33.6 Å². The maximum absolute atomic E-state index is 11.3. The van der Waals surface area contributed by atoms with Crippen molar-refractivity contribution in [3.05, 3.63) is 53.6 Å². The van der Waals surface area contributed by atoms with E-state index in [9.17, 15) is 5.11 Å². The number of hydrogen-bond acceptors (Lipinski definition) is 8. The maximum Gasteiger partial charge on any atom is 0.158 e. The lowest BCUT2D eigenvalue weighted by Crippen LogP contribution is -2.53. The predicted molar refractivity (Wildman–Crippen MR) is 123 cm³/mol. The molecule has 2 aromatic carbocycles. The molecule has 2 saturated heterocycles. The molecule has 3 aromatic rings. The molecule has 3 aliphatic rings. The van der Waals surface area contributed by atoms with E-state index >= 15 is 0 Å². The molecule has 3 fully saturated rings. The zero-order valence-electron chi connectivity index (χ0n) is 18.7. The molecule has 1 saturated carbocycles. The standard InChI is InChI=1S/C25H30N4O4/c30-25(12-21(13-25)32-17-18-4-2-1-3-5-18)20-10-22-24(27-33-26-22)23(11-20)29-15-19(16-29)14-28-6-8-31-9-7-28/h1-5,10-11,19,21,30H,6-9,12-17H2. The van der Waals surface area contributed by atoms with Gasteiger partial charge in [0.1, 0.15) is 5.52 Å². The van der Waals surface area contributed by atoms with Gasteiger partial charge in [0.25, 0.3) is 0 Å². The second-order valence-corrected chi connectivity index (χ2v) is 9.67. The van der Waals surface area contributed by atoms with E-state index in [1.165, 1.54) is 0 Å². The maximum atomic E-state index is 11.3. The number of anilines is 1. The Morgan fingerprint density at radius 2 is 1.85 bits per heavy atom. The minimum Gasteiger partial charge on any atom is -0.385 e. The minimum absolute atomic E-state index is 0.0479. The highest BCUT2D eigenvalue weighted by atomic mass is 16.6. The van der Waals surface area contributed by atoms with Gasteiger partial charge in [-0.2, -0.15) is 0 Å². The number of rotatable bonds is 7. The molecule has 174 valence electrons. The van der Waals surface area contributed by atoms with Gasteiger partial charge in [-0.15, -0.1) is 0 Å². The number of aromatic nitrogens is 2. The van der Waals surface area contributed by atoms with E-state index in [1.807, 2.05) is 24.3 Å². The van der Waals surface area contributed by atoms with Gasteiger partial charge in [0, 0.05) is 51.5 Å². The van der Waals surface area contributed by atoms with Crippen LogP contribution in [-0.4, -0.2) is 72.4 Å². The van der Waals surface area contributed by atoms with Crippen molar-refractivity contribution in [3.63, 3.8) is 0 Å². The largest absolute Gasteiger partial charge is 0.385 e. The third kappa shape index (κ3) is 4.24. The molecule has 0 bridgehead atoms. The van der Waals surface area contributed by atoms with Crippen LogP contribution in [0.15, 0.2) is 47.1 Å². The number of aliphatic hydroxyl groups is 1. The van der Waals surface area contributed by atoms with Gasteiger partial charge < -0.3 is 19.5 Å². The predicted octanol–water partition coefficient (Wildman–Crippen LogP) is 2.56. The Labute approximate surface area is 193 Å². The second kappa shape index (κ2) is 8.68. The monoisotopic (exact) mass is 450 g/mol. The van der Waals surface area contributed by atoms with E-state index < -0.39 is 5.60 Å². The van der Waals surface area contributed by atoms with Crippen LogP contribution in [0, 0.1) is 5.92 Å². The Bertz CT molecular complexity index is 1090. The Kier molecular flexibility index (Phi) is 5.54. The van der Waals surface area contributed by atoms with E-state index in [0.717, 1.165) is 68.3 Å². The van der Waals surface area contributed by atoms with E-state index in [0.29, 0.717) is 30.9 Å². The molecule has 0 atom stereocenters. The van der Waals surface area contributed by atoms with E-state index in [2.05, 4.69) is 38.3 Å². The molecule has 33 heavy (non-hydrogen) atoms. The molecule has 8 heteroatoms. The molecular formula is C25H30N4O4. The van der Waals surface area contributed by atoms with Crippen LogP contribution in [-0.2, 0) is 21.7 Å². The van der Waals surface area contributed by atoms with Gasteiger partial charge in [-0.3, -0.25) is 4.90 Å². The first-order valence-electron chi connectivity index (χ1n) is 11.9. The number of hydrogen-bond donors (Lipinski definition) is 1. The summed E-state index contributed by atoms with van der Waals surface area (Å²) in [5.41, 5.74) is 3.58. The topological polar surface area (TPSA) is 84.1 Å². The van der Waals surface area contributed by atoms with Gasteiger partial charge in [0.2, 0.25) is 0 Å². The Morgan fingerprint density at radius 3 is 2.64 bits per heavy atom. The lowest BCUT2D eigenvalue weighted by molar-refractivity contribution is -0.149. The summed E-state index contributed by atoms with van der Waals surface area (Å²) in [6.45, 7) is 7.32. The van der Waals surface area contributed by atoms with Crippen molar-refractivity contribution >= 4 is 16.7 Å². The summed E-state index contributed by atoms with van der Waals surface area (Å²) in [6.07, 6.45) is 1.21. The molecule has 8 nitrogen and oxygen atoms in total. The van der Waals surface area contributed by atoms with Crippen LogP contribution in [0.1, 0.15) is 24.0 Å². The number of morpholine rings is 1. The van der Waals surface area contributed by atoms with E-state index in [4.69, 9.17) is 14.1 Å². The SMILES string of the molecule is OC1(c2cc(N3CC(CN4CCOCC4)C3)c3nonc3c2)CC(OCc2ccccc2)C1. The molecule has 2 aliphatic heterocycles. The summed E-state index contributed by atoms with van der Waals surface area (Å²) in [5, 5.41) is 19.5. The smallest absolute Gasteiger partial charge is 0.158 e. The van der Waals surface area contributed by atoms with Crippen molar-refractivity contribution in [2.24, 2.45) is 5.92 Å². The molecule has 1 aliphatic carbocycles. The lowest BCUT2D eigenvalue weighted by atomic mass is 9.72. The van der Waals surface area contributed by atoms with E-state index in [1.54, 1.807) is 0 Å². The van der Waals surface area contributed by atoms with Crippen LogP contribution >= 0.6 is 0 Å². The van der Waals surface area contributed by atoms with Crippen LogP contribution in [0.5, 0.6) is 0 Å². The van der Waals surface area contributed by atoms with Crippen LogP contribution in [0.2, 0.25) is 0 Å². The fourth-order valence-corrected chi connectivity index (χ4v) is 5.25. The summed E-state index contributed by atoms with van der Waals surface area (Å²) in [5.74, 6) is 0.629. The number of nitrogens with zero attached hydrogens (tertiary/aromatic N) is 4. The normalized spacial score (nSPS) is 26.3. The summed E-state index contributed by atoms with van der Waals surface area (Å²) in [4.78, 5) is 4.81. The lowest BCUT2D eigenvalue weighted by Gasteiger charge is -2.46. The van der Waals surface area contributed by atoms with Gasteiger partial charge in [0.05, 0.1) is 37.2 Å². The van der Waals surface area contributed by atoms with Crippen LogP contribution in [0.4, 0.5) is 5.69 Å². The first kappa shape index (κ1) is 21.0. The molecular weight excluding hydrogens is 420 g/mol. The third-order valence-electron chi connectivity index (χ3n) is 7.26. The molecule has 1 aromatic heterocycles. The summed E-state index contributed by atoms with van der Waals surface area (Å²) >= 11 is 0. The number of ether oxygens (including phenoxy) is 2. The molecule has 1 N–H and O–H groups in total. The van der Waals surface area contributed by atoms with Gasteiger partial charge in [-0.25, -0.2) is 4.63 Å². The highest BCUT2D eigenvalue weighted by molar-refractivity contribution is 5.89. The van der Waals surface area contributed by atoms with Crippen LogP contribution in [0.25, 0.3) is 11.0 Å². The Balaban J connectivity index is 1.11. The van der Waals surface area contributed by atoms with Crippen molar-refractivity contribution in [1.82, 2.24) is 15.2 Å². The van der Waals surface area contributed by atoms with Crippen molar-refractivity contribution in [1.29, 1.82) is 0 Å². The average molecular weight is 451 g/mol. The summed E-state index contributed by atoms with van der Waals surface area (Å²) in [7, 11) is 0. The van der Waals surface area contributed by atoms with Crippen molar-refractivity contribution in [2.45, 2.75) is 31.2 Å². The van der Waals surface area contributed by atoms with Gasteiger partial charge >= 0.3 is 0 Å². The fraction of sp³-hybridized carbons (Fsp3) is 0.520. The first-order chi connectivity index (χ1) is 16.2. The minimum atomic E-state index is -0.901. The molecule has 3 heterocycles. The first-order valence-corrected chi connectivity index (χ1v) is 11.9. The Morgan fingerprint density at radius 1 is 1.06 bits per heavy atom. The fourth-order valence-electron chi connectivity index (χ4n) is 5.25.